The lowest BCUT2D eigenvalue weighted by Crippen LogP contribution is -2.20. The second-order valence-electron chi connectivity index (χ2n) is 4.27. The van der Waals surface area contributed by atoms with Crippen LogP contribution in [0.2, 0.25) is 0 Å². The highest BCUT2D eigenvalue weighted by atomic mass is 16.2. The Morgan fingerprint density at radius 1 is 1.43 bits per heavy atom. The van der Waals surface area contributed by atoms with E-state index in [4.69, 9.17) is 0 Å². The molecule has 0 saturated carbocycles. The summed E-state index contributed by atoms with van der Waals surface area (Å²) in [5.41, 5.74) is 3.49. The van der Waals surface area contributed by atoms with Gasteiger partial charge in [0.15, 0.2) is 0 Å². The summed E-state index contributed by atoms with van der Waals surface area (Å²) in [6, 6.07) is 0. The van der Waals surface area contributed by atoms with Crippen LogP contribution in [-0.2, 0) is 12.8 Å². The van der Waals surface area contributed by atoms with Gasteiger partial charge in [-0.15, -0.1) is 0 Å². The molecule has 0 unspecified atom stereocenters. The van der Waals surface area contributed by atoms with E-state index in [1.165, 1.54) is 12.0 Å². The standard InChI is InChI=1S/C11H16N2O/c1-7(2)11(14)13-8(3)9-5-4-6-10(9)12-13/h7H,4-6H2,1-3H3. The minimum atomic E-state index is 0.0220. The summed E-state index contributed by atoms with van der Waals surface area (Å²) in [6.07, 6.45) is 3.32. The van der Waals surface area contributed by atoms with Crippen LogP contribution in [0.1, 0.15) is 42.0 Å². The van der Waals surface area contributed by atoms with Gasteiger partial charge in [-0.1, -0.05) is 13.8 Å². The number of aromatic nitrogens is 2. The Kier molecular flexibility index (Phi) is 2.17. The molecule has 1 aliphatic carbocycles. The lowest BCUT2D eigenvalue weighted by molar-refractivity contribution is 0.0835. The van der Waals surface area contributed by atoms with Gasteiger partial charge < -0.3 is 0 Å². The number of rotatable bonds is 1. The molecule has 3 heteroatoms. The average molecular weight is 192 g/mol. The normalized spacial score (nSPS) is 14.9. The van der Waals surface area contributed by atoms with E-state index in [-0.39, 0.29) is 11.8 Å². The Morgan fingerprint density at radius 3 is 2.71 bits per heavy atom. The Balaban J connectivity index is 2.41. The molecule has 2 rings (SSSR count). The van der Waals surface area contributed by atoms with E-state index in [9.17, 15) is 4.79 Å². The third-order valence-corrected chi connectivity index (χ3v) is 2.87. The van der Waals surface area contributed by atoms with E-state index in [0.717, 1.165) is 24.2 Å². The van der Waals surface area contributed by atoms with E-state index in [1.54, 1.807) is 4.68 Å². The fourth-order valence-electron chi connectivity index (χ4n) is 2.01. The van der Waals surface area contributed by atoms with Crippen LogP contribution in [0.3, 0.4) is 0 Å². The monoisotopic (exact) mass is 192 g/mol. The van der Waals surface area contributed by atoms with Crippen molar-refractivity contribution in [1.82, 2.24) is 9.78 Å². The van der Waals surface area contributed by atoms with Gasteiger partial charge in [-0.2, -0.15) is 5.10 Å². The molecule has 0 saturated heterocycles. The fourth-order valence-corrected chi connectivity index (χ4v) is 2.01. The van der Waals surface area contributed by atoms with Gasteiger partial charge in [0.2, 0.25) is 5.91 Å². The van der Waals surface area contributed by atoms with Crippen molar-refractivity contribution in [3.05, 3.63) is 17.0 Å². The lowest BCUT2D eigenvalue weighted by Gasteiger charge is -2.06. The largest absolute Gasteiger partial charge is 0.272 e. The molecule has 0 aromatic carbocycles. The van der Waals surface area contributed by atoms with Crippen molar-refractivity contribution in [1.29, 1.82) is 0 Å². The topological polar surface area (TPSA) is 34.9 Å². The summed E-state index contributed by atoms with van der Waals surface area (Å²) in [5.74, 6) is 0.130. The van der Waals surface area contributed by atoms with Crippen LogP contribution >= 0.6 is 0 Å². The van der Waals surface area contributed by atoms with Gasteiger partial charge in [0.1, 0.15) is 0 Å². The predicted octanol–water partition coefficient (Wildman–Crippen LogP) is 1.98. The van der Waals surface area contributed by atoms with Gasteiger partial charge in [-0.05, 0) is 31.7 Å². The van der Waals surface area contributed by atoms with Crippen LogP contribution in [0.4, 0.5) is 0 Å². The summed E-state index contributed by atoms with van der Waals surface area (Å²) in [6.45, 7) is 5.82. The summed E-state index contributed by atoms with van der Waals surface area (Å²) in [7, 11) is 0. The Morgan fingerprint density at radius 2 is 2.14 bits per heavy atom. The maximum Gasteiger partial charge on any atom is 0.249 e. The van der Waals surface area contributed by atoms with Gasteiger partial charge >= 0.3 is 0 Å². The second-order valence-corrected chi connectivity index (χ2v) is 4.27. The van der Waals surface area contributed by atoms with Crippen LogP contribution in [0, 0.1) is 12.8 Å². The third-order valence-electron chi connectivity index (χ3n) is 2.87. The van der Waals surface area contributed by atoms with E-state index in [2.05, 4.69) is 5.10 Å². The maximum absolute atomic E-state index is 11.8. The fraction of sp³-hybridized carbons (Fsp3) is 0.636. The number of hydrogen-bond acceptors (Lipinski definition) is 2. The van der Waals surface area contributed by atoms with E-state index in [0.29, 0.717) is 0 Å². The molecule has 0 bridgehead atoms. The zero-order chi connectivity index (χ0) is 10.3. The number of carbonyl (C=O) groups excluding carboxylic acids is 1. The van der Waals surface area contributed by atoms with Crippen molar-refractivity contribution in [2.45, 2.75) is 40.0 Å². The van der Waals surface area contributed by atoms with Crippen LogP contribution in [0.25, 0.3) is 0 Å². The molecule has 76 valence electrons. The molecule has 0 radical (unpaired) electrons. The van der Waals surface area contributed by atoms with Crippen molar-refractivity contribution in [2.75, 3.05) is 0 Å². The van der Waals surface area contributed by atoms with Crippen molar-refractivity contribution in [2.24, 2.45) is 5.92 Å². The van der Waals surface area contributed by atoms with Crippen molar-refractivity contribution >= 4 is 5.91 Å². The minimum Gasteiger partial charge on any atom is -0.272 e. The molecule has 1 heterocycles. The van der Waals surface area contributed by atoms with E-state index >= 15 is 0 Å². The van der Waals surface area contributed by atoms with Gasteiger partial charge in [0.05, 0.1) is 5.69 Å². The molecule has 0 amide bonds. The molecule has 0 aliphatic heterocycles. The highest BCUT2D eigenvalue weighted by molar-refractivity contribution is 5.80. The molecular weight excluding hydrogens is 176 g/mol. The quantitative estimate of drug-likeness (QED) is 0.682. The Labute approximate surface area is 84.1 Å². The van der Waals surface area contributed by atoms with Crippen LogP contribution in [0.15, 0.2) is 0 Å². The minimum absolute atomic E-state index is 0.0220. The SMILES string of the molecule is Cc1c2c(nn1C(=O)C(C)C)CCC2. The molecule has 1 aliphatic rings. The molecule has 1 aromatic heterocycles. The van der Waals surface area contributed by atoms with Gasteiger partial charge in [0.25, 0.3) is 0 Å². The molecule has 0 atom stereocenters. The van der Waals surface area contributed by atoms with Crippen molar-refractivity contribution in [3.8, 4) is 0 Å². The van der Waals surface area contributed by atoms with Crippen LogP contribution < -0.4 is 0 Å². The first-order chi connectivity index (χ1) is 6.61. The van der Waals surface area contributed by atoms with Gasteiger partial charge in [-0.3, -0.25) is 4.79 Å². The number of carbonyl (C=O) groups is 1. The summed E-state index contributed by atoms with van der Waals surface area (Å²) >= 11 is 0. The molecule has 3 nitrogen and oxygen atoms in total. The first kappa shape index (κ1) is 9.44. The first-order valence-corrected chi connectivity index (χ1v) is 5.23. The Hall–Kier alpha value is -1.12. The number of hydrogen-bond donors (Lipinski definition) is 0. The van der Waals surface area contributed by atoms with Crippen molar-refractivity contribution in [3.63, 3.8) is 0 Å². The summed E-state index contributed by atoms with van der Waals surface area (Å²) in [4.78, 5) is 11.8. The number of aryl methyl sites for hydroxylation is 1. The third kappa shape index (κ3) is 1.27. The molecule has 0 N–H and O–H groups in total. The zero-order valence-corrected chi connectivity index (χ0v) is 9.00. The molecular formula is C11H16N2O. The maximum atomic E-state index is 11.8. The van der Waals surface area contributed by atoms with E-state index in [1.807, 2.05) is 20.8 Å². The van der Waals surface area contributed by atoms with Gasteiger partial charge in [-0.25, -0.2) is 4.68 Å². The predicted molar refractivity (Wildman–Crippen MR) is 54.5 cm³/mol. The van der Waals surface area contributed by atoms with Crippen LogP contribution in [-0.4, -0.2) is 15.7 Å². The highest BCUT2D eigenvalue weighted by Crippen LogP contribution is 2.24. The zero-order valence-electron chi connectivity index (χ0n) is 9.00. The summed E-state index contributed by atoms with van der Waals surface area (Å²) < 4.78 is 1.59. The van der Waals surface area contributed by atoms with E-state index < -0.39 is 0 Å². The molecule has 0 fully saturated rings. The smallest absolute Gasteiger partial charge is 0.249 e. The Bertz CT molecular complexity index is 377. The molecule has 1 aromatic rings. The second kappa shape index (κ2) is 3.23. The molecule has 0 spiro atoms. The first-order valence-electron chi connectivity index (χ1n) is 5.23. The summed E-state index contributed by atoms with van der Waals surface area (Å²) in [5, 5.41) is 4.38. The van der Waals surface area contributed by atoms with Crippen LogP contribution in [0.5, 0.6) is 0 Å². The average Bonchev–Trinajstić information content (AvgIpc) is 2.68. The van der Waals surface area contributed by atoms with Crippen molar-refractivity contribution < 1.29 is 4.79 Å². The highest BCUT2D eigenvalue weighted by Gasteiger charge is 2.23. The van der Waals surface area contributed by atoms with Gasteiger partial charge in [0, 0.05) is 11.6 Å². The lowest BCUT2D eigenvalue weighted by atomic mass is 10.2. The molecule has 14 heavy (non-hydrogen) atoms. The number of fused-ring (bicyclic) bond motifs is 1. The number of nitrogens with zero attached hydrogens (tertiary/aromatic N) is 2.